The minimum atomic E-state index is -3.88. The van der Waals surface area contributed by atoms with E-state index in [0.717, 1.165) is 9.87 Å². The molecule has 1 N–H and O–H groups in total. The van der Waals surface area contributed by atoms with Gasteiger partial charge >= 0.3 is 0 Å². The summed E-state index contributed by atoms with van der Waals surface area (Å²) in [6, 6.07) is 13.0. The van der Waals surface area contributed by atoms with Gasteiger partial charge in [0.25, 0.3) is 0 Å². The molecule has 2 aromatic carbocycles. The number of benzene rings is 2. The molecule has 0 aromatic heterocycles. The average Bonchev–Trinajstić information content (AvgIpc) is 2.73. The van der Waals surface area contributed by atoms with Gasteiger partial charge in [0.15, 0.2) is 0 Å². The third-order valence-corrected chi connectivity index (χ3v) is 6.16. The van der Waals surface area contributed by atoms with Gasteiger partial charge in [-0.25, -0.2) is 8.42 Å². The fourth-order valence-corrected chi connectivity index (χ4v) is 4.20. The molecule has 0 spiro atoms. The molecule has 1 amide bonds. The summed E-state index contributed by atoms with van der Waals surface area (Å²) in [5.41, 5.74) is 0.802. The number of carbonyl (C=O) groups is 1. The summed E-state index contributed by atoms with van der Waals surface area (Å²) in [6.45, 7) is 5.08. The molecule has 0 saturated heterocycles. The van der Waals surface area contributed by atoms with Gasteiger partial charge < -0.3 is 14.8 Å². The lowest BCUT2D eigenvalue weighted by atomic mass is 10.1. The molecular weight excluding hydrogens is 392 g/mol. The van der Waals surface area contributed by atoms with Crippen LogP contribution in [0.4, 0.5) is 0 Å². The molecule has 0 aliphatic carbocycles. The molecule has 1 atom stereocenters. The molecule has 156 valence electrons. The second-order valence-corrected chi connectivity index (χ2v) is 8.23. The minimum absolute atomic E-state index is 0.00478. The van der Waals surface area contributed by atoms with Gasteiger partial charge in [0.05, 0.1) is 31.7 Å². The van der Waals surface area contributed by atoms with Gasteiger partial charge in [-0.15, -0.1) is 6.58 Å². The van der Waals surface area contributed by atoms with Gasteiger partial charge in [-0.05, 0) is 37.3 Å². The van der Waals surface area contributed by atoms with Crippen molar-refractivity contribution in [1.82, 2.24) is 9.62 Å². The number of nitrogens with zero attached hydrogens (tertiary/aromatic N) is 1. The Morgan fingerprint density at radius 1 is 1.14 bits per heavy atom. The maximum atomic E-state index is 13.0. The summed E-state index contributed by atoms with van der Waals surface area (Å²) in [6.07, 6.45) is 1.44. The third-order valence-electron chi connectivity index (χ3n) is 4.33. The smallest absolute Gasteiger partial charge is 0.243 e. The predicted molar refractivity (Wildman–Crippen MR) is 112 cm³/mol. The zero-order chi connectivity index (χ0) is 21.4. The molecule has 0 radical (unpaired) electrons. The topological polar surface area (TPSA) is 84.9 Å². The molecule has 0 saturated carbocycles. The molecular formula is C21H26N2O5S. The summed E-state index contributed by atoms with van der Waals surface area (Å²) in [5.74, 6) is 0.763. The van der Waals surface area contributed by atoms with Crippen LogP contribution in [-0.4, -0.2) is 45.9 Å². The summed E-state index contributed by atoms with van der Waals surface area (Å²) in [4.78, 5) is 12.7. The highest BCUT2D eigenvalue weighted by Crippen LogP contribution is 2.24. The van der Waals surface area contributed by atoms with Crippen molar-refractivity contribution in [2.45, 2.75) is 17.9 Å². The highest BCUT2D eigenvalue weighted by molar-refractivity contribution is 7.89. The summed E-state index contributed by atoms with van der Waals surface area (Å²) < 4.78 is 37.4. The van der Waals surface area contributed by atoms with Crippen molar-refractivity contribution in [2.24, 2.45) is 0 Å². The highest BCUT2D eigenvalue weighted by Gasteiger charge is 2.26. The van der Waals surface area contributed by atoms with Crippen LogP contribution in [0.2, 0.25) is 0 Å². The van der Waals surface area contributed by atoms with Crippen LogP contribution in [0.3, 0.4) is 0 Å². The first-order valence-electron chi connectivity index (χ1n) is 9.00. The number of hydrogen-bond donors (Lipinski definition) is 1. The standard InChI is InChI=1S/C21H26N2O5S/c1-5-14-23(29(25,26)18-12-10-17(27-3)11-13-18)15-21(24)22-16(2)19-8-6-7-9-20(19)28-4/h5-13,16H,1,14-15H2,2-4H3,(H,22,24). The van der Waals surface area contributed by atoms with E-state index in [-0.39, 0.29) is 24.0 Å². The van der Waals surface area contributed by atoms with E-state index in [1.807, 2.05) is 25.1 Å². The van der Waals surface area contributed by atoms with E-state index in [2.05, 4.69) is 11.9 Å². The van der Waals surface area contributed by atoms with Crippen LogP contribution in [-0.2, 0) is 14.8 Å². The second kappa shape index (κ2) is 10.1. The number of hydrogen-bond acceptors (Lipinski definition) is 5. The Hall–Kier alpha value is -2.84. The van der Waals surface area contributed by atoms with Crippen LogP contribution in [0.1, 0.15) is 18.5 Å². The molecule has 29 heavy (non-hydrogen) atoms. The van der Waals surface area contributed by atoms with Gasteiger partial charge in [-0.1, -0.05) is 24.3 Å². The molecule has 0 bridgehead atoms. The van der Waals surface area contributed by atoms with E-state index in [0.29, 0.717) is 11.5 Å². The second-order valence-electron chi connectivity index (χ2n) is 6.29. The Kier molecular flexibility index (Phi) is 7.81. The fourth-order valence-electron chi connectivity index (χ4n) is 2.84. The van der Waals surface area contributed by atoms with Crippen molar-refractivity contribution < 1.29 is 22.7 Å². The van der Waals surface area contributed by atoms with Crippen molar-refractivity contribution in [3.05, 3.63) is 66.7 Å². The van der Waals surface area contributed by atoms with Crippen molar-refractivity contribution in [3.8, 4) is 11.5 Å². The number of methoxy groups -OCH3 is 2. The quantitative estimate of drug-likeness (QED) is 0.600. The molecule has 0 aliphatic heterocycles. The first-order chi connectivity index (χ1) is 13.8. The predicted octanol–water partition coefficient (Wildman–Crippen LogP) is 2.76. The van der Waals surface area contributed by atoms with Crippen LogP contribution in [0, 0.1) is 0 Å². The Bertz CT molecular complexity index is 942. The number of carbonyl (C=O) groups excluding carboxylic acids is 1. The lowest BCUT2D eigenvalue weighted by Gasteiger charge is -2.22. The van der Waals surface area contributed by atoms with Crippen molar-refractivity contribution in [2.75, 3.05) is 27.3 Å². The maximum absolute atomic E-state index is 13.0. The first kappa shape index (κ1) is 22.4. The van der Waals surface area contributed by atoms with Crippen LogP contribution in [0.25, 0.3) is 0 Å². The molecule has 0 fully saturated rings. The number of rotatable bonds is 10. The monoisotopic (exact) mass is 418 g/mol. The highest BCUT2D eigenvalue weighted by atomic mass is 32.2. The van der Waals surface area contributed by atoms with Crippen molar-refractivity contribution in [1.29, 1.82) is 0 Å². The van der Waals surface area contributed by atoms with Gasteiger partial charge in [0.1, 0.15) is 11.5 Å². The average molecular weight is 419 g/mol. The maximum Gasteiger partial charge on any atom is 0.243 e. The number of para-hydroxylation sites is 1. The van der Waals surface area contributed by atoms with Crippen LogP contribution >= 0.6 is 0 Å². The normalized spacial score (nSPS) is 12.3. The third kappa shape index (κ3) is 5.58. The number of nitrogens with one attached hydrogen (secondary N) is 1. The molecule has 2 rings (SSSR count). The first-order valence-corrected chi connectivity index (χ1v) is 10.4. The largest absolute Gasteiger partial charge is 0.497 e. The Morgan fingerprint density at radius 3 is 2.38 bits per heavy atom. The minimum Gasteiger partial charge on any atom is -0.497 e. The molecule has 0 heterocycles. The van der Waals surface area contributed by atoms with Crippen LogP contribution < -0.4 is 14.8 Å². The summed E-state index contributed by atoms with van der Waals surface area (Å²) >= 11 is 0. The van der Waals surface area contributed by atoms with Gasteiger partial charge in [-0.2, -0.15) is 4.31 Å². The van der Waals surface area contributed by atoms with E-state index in [1.54, 1.807) is 25.3 Å². The van der Waals surface area contributed by atoms with E-state index in [1.165, 1.54) is 25.3 Å². The molecule has 1 unspecified atom stereocenters. The number of sulfonamides is 1. The molecule has 7 nitrogen and oxygen atoms in total. The summed E-state index contributed by atoms with van der Waals surface area (Å²) in [7, 11) is -0.819. The van der Waals surface area contributed by atoms with E-state index >= 15 is 0 Å². The zero-order valence-corrected chi connectivity index (χ0v) is 17.6. The van der Waals surface area contributed by atoms with Crippen LogP contribution in [0.5, 0.6) is 11.5 Å². The number of amides is 1. The van der Waals surface area contributed by atoms with E-state index in [9.17, 15) is 13.2 Å². The number of ether oxygens (including phenoxy) is 2. The molecule has 2 aromatic rings. The van der Waals surface area contributed by atoms with Crippen molar-refractivity contribution in [3.63, 3.8) is 0 Å². The Balaban J connectivity index is 2.16. The van der Waals surface area contributed by atoms with Crippen molar-refractivity contribution >= 4 is 15.9 Å². The zero-order valence-electron chi connectivity index (χ0n) is 16.8. The van der Waals surface area contributed by atoms with Gasteiger partial charge in [0.2, 0.25) is 15.9 Å². The van der Waals surface area contributed by atoms with Crippen LogP contribution in [0.15, 0.2) is 66.1 Å². The van der Waals surface area contributed by atoms with E-state index < -0.39 is 15.9 Å². The Labute approximate surface area is 172 Å². The lowest BCUT2D eigenvalue weighted by Crippen LogP contribution is -2.41. The Morgan fingerprint density at radius 2 is 1.79 bits per heavy atom. The molecule has 8 heteroatoms. The summed E-state index contributed by atoms with van der Waals surface area (Å²) in [5, 5.41) is 2.82. The van der Waals surface area contributed by atoms with Gasteiger partial charge in [0, 0.05) is 12.1 Å². The SMILES string of the molecule is C=CCN(CC(=O)NC(C)c1ccccc1OC)S(=O)(=O)c1ccc(OC)cc1. The fraction of sp³-hybridized carbons (Fsp3) is 0.286. The van der Waals surface area contributed by atoms with Gasteiger partial charge in [-0.3, -0.25) is 4.79 Å². The molecule has 0 aliphatic rings. The van der Waals surface area contributed by atoms with E-state index in [4.69, 9.17) is 9.47 Å². The lowest BCUT2D eigenvalue weighted by molar-refractivity contribution is -0.121.